The van der Waals surface area contributed by atoms with Gasteiger partial charge >= 0.3 is 5.97 Å². The highest BCUT2D eigenvalue weighted by Crippen LogP contribution is 2.31. The second-order valence-electron chi connectivity index (χ2n) is 4.72. The second kappa shape index (κ2) is 6.27. The first-order chi connectivity index (χ1) is 8.72. The lowest BCUT2D eigenvalue weighted by Gasteiger charge is -2.21. The van der Waals surface area contributed by atoms with Crippen molar-refractivity contribution in [3.8, 4) is 0 Å². The molecule has 0 atom stereocenters. The first-order valence-electron chi connectivity index (χ1n) is 6.47. The highest BCUT2D eigenvalue weighted by molar-refractivity contribution is 8.04. The number of carbonyl (C=O) groups is 2. The fourth-order valence-corrected chi connectivity index (χ4v) is 3.50. The number of thioether (sulfide) groups is 1. The molecular formula is C13H19NO3S. The predicted molar refractivity (Wildman–Crippen MR) is 70.8 cm³/mol. The van der Waals surface area contributed by atoms with E-state index in [9.17, 15) is 9.59 Å². The molecule has 4 nitrogen and oxygen atoms in total. The molecular weight excluding hydrogens is 250 g/mol. The molecule has 0 saturated heterocycles. The molecule has 0 aromatic rings. The number of allylic oxidation sites excluding steroid dienone is 1. The minimum Gasteiger partial charge on any atom is -0.465 e. The Morgan fingerprint density at radius 3 is 2.67 bits per heavy atom. The lowest BCUT2D eigenvalue weighted by Crippen LogP contribution is -2.32. The summed E-state index contributed by atoms with van der Waals surface area (Å²) in [5.74, 6) is 0.700. The van der Waals surface area contributed by atoms with E-state index in [1.54, 1.807) is 0 Å². The van der Waals surface area contributed by atoms with E-state index in [0.717, 1.165) is 43.6 Å². The largest absolute Gasteiger partial charge is 0.465 e. The highest BCUT2D eigenvalue weighted by atomic mass is 32.2. The van der Waals surface area contributed by atoms with Crippen LogP contribution in [0.4, 0.5) is 0 Å². The number of methoxy groups -OCH3 is 1. The van der Waals surface area contributed by atoms with Crippen molar-refractivity contribution in [3.05, 3.63) is 10.6 Å². The molecule has 0 unspecified atom stereocenters. The minimum atomic E-state index is -0.337. The van der Waals surface area contributed by atoms with Gasteiger partial charge in [0.1, 0.15) is 4.91 Å². The van der Waals surface area contributed by atoms with Gasteiger partial charge in [0.15, 0.2) is 0 Å². The molecule has 0 aromatic heterocycles. The predicted octanol–water partition coefficient (Wildman–Crippen LogP) is 2.20. The molecule has 1 fully saturated rings. The molecule has 2 aliphatic rings. The summed E-state index contributed by atoms with van der Waals surface area (Å²) < 4.78 is 4.72. The zero-order valence-corrected chi connectivity index (χ0v) is 11.5. The zero-order chi connectivity index (χ0) is 13.0. The molecule has 1 saturated carbocycles. The topological polar surface area (TPSA) is 55.4 Å². The molecule has 0 aromatic carbocycles. The van der Waals surface area contributed by atoms with Crippen molar-refractivity contribution >= 4 is 23.6 Å². The van der Waals surface area contributed by atoms with Crippen LogP contribution in [0.5, 0.6) is 0 Å². The number of ether oxygens (including phenoxy) is 1. The number of amides is 1. The van der Waals surface area contributed by atoms with E-state index >= 15 is 0 Å². The molecule has 1 amide bonds. The van der Waals surface area contributed by atoms with Gasteiger partial charge in [0.25, 0.3) is 0 Å². The normalized spacial score (nSPS) is 20.9. The average Bonchev–Trinajstić information content (AvgIpc) is 2.87. The van der Waals surface area contributed by atoms with Gasteiger partial charge in [-0.3, -0.25) is 4.79 Å². The fraction of sp³-hybridized carbons (Fsp3) is 0.692. The van der Waals surface area contributed by atoms with Crippen LogP contribution in [0, 0.1) is 5.92 Å². The summed E-state index contributed by atoms with van der Waals surface area (Å²) in [6.07, 6.45) is 6.19. The third kappa shape index (κ3) is 3.07. The van der Waals surface area contributed by atoms with Gasteiger partial charge in [-0.1, -0.05) is 19.3 Å². The number of hydrogen-bond donors (Lipinski definition) is 1. The van der Waals surface area contributed by atoms with Crippen LogP contribution >= 0.6 is 11.8 Å². The quantitative estimate of drug-likeness (QED) is 0.798. The number of rotatable bonds is 3. The summed E-state index contributed by atoms with van der Waals surface area (Å²) in [5, 5.41) is 2.93. The van der Waals surface area contributed by atoms with E-state index in [2.05, 4.69) is 5.32 Å². The maximum atomic E-state index is 12.1. The van der Waals surface area contributed by atoms with E-state index in [1.807, 2.05) is 0 Å². The molecule has 0 bridgehead atoms. The van der Waals surface area contributed by atoms with Gasteiger partial charge in [0, 0.05) is 17.4 Å². The van der Waals surface area contributed by atoms with Crippen molar-refractivity contribution in [3.63, 3.8) is 0 Å². The summed E-state index contributed by atoms with van der Waals surface area (Å²) in [6, 6.07) is 0. The number of esters is 1. The smallest absolute Gasteiger partial charge is 0.346 e. The number of nitrogens with one attached hydrogen (secondary N) is 1. The molecule has 0 spiro atoms. The monoisotopic (exact) mass is 269 g/mol. The van der Waals surface area contributed by atoms with Crippen molar-refractivity contribution in [2.45, 2.75) is 38.5 Å². The van der Waals surface area contributed by atoms with Crippen LogP contribution in [0.2, 0.25) is 0 Å². The third-order valence-corrected chi connectivity index (χ3v) is 4.60. The van der Waals surface area contributed by atoms with Crippen LogP contribution in [0.3, 0.4) is 0 Å². The van der Waals surface area contributed by atoms with Crippen molar-refractivity contribution in [1.29, 1.82) is 0 Å². The first-order valence-corrected chi connectivity index (χ1v) is 7.46. The third-order valence-electron chi connectivity index (χ3n) is 3.49. The Labute approximate surface area is 112 Å². The summed E-state index contributed by atoms with van der Waals surface area (Å²) in [4.78, 5) is 24.2. The van der Waals surface area contributed by atoms with Crippen LogP contribution in [0.1, 0.15) is 38.5 Å². The molecule has 5 heteroatoms. The molecule has 1 N–H and O–H groups in total. The summed E-state index contributed by atoms with van der Waals surface area (Å²) in [5.41, 5.74) is 0.752. The second-order valence-corrected chi connectivity index (χ2v) is 5.83. The molecule has 1 aliphatic heterocycles. The summed E-state index contributed by atoms with van der Waals surface area (Å²) in [6.45, 7) is 0. The van der Waals surface area contributed by atoms with E-state index in [-0.39, 0.29) is 17.8 Å². The van der Waals surface area contributed by atoms with Gasteiger partial charge < -0.3 is 10.1 Å². The van der Waals surface area contributed by atoms with E-state index in [0.29, 0.717) is 4.91 Å². The Morgan fingerprint density at radius 1 is 1.28 bits per heavy atom. The van der Waals surface area contributed by atoms with Gasteiger partial charge in [-0.25, -0.2) is 4.79 Å². The minimum absolute atomic E-state index is 0.0774. The maximum Gasteiger partial charge on any atom is 0.346 e. The summed E-state index contributed by atoms with van der Waals surface area (Å²) >= 11 is 1.46. The Balaban J connectivity index is 1.98. The Kier molecular flexibility index (Phi) is 4.69. The van der Waals surface area contributed by atoms with Gasteiger partial charge in [-0.15, -0.1) is 11.8 Å². The molecule has 0 radical (unpaired) electrons. The average molecular weight is 269 g/mol. The molecule has 2 rings (SSSR count). The molecule has 100 valence electrons. The standard InChI is InChI=1S/C13H19NO3S/c1-17-13(16)11-10(7-8-18-11)14-12(15)9-5-3-2-4-6-9/h9H,2-8H2,1H3,(H,14,15). The van der Waals surface area contributed by atoms with Gasteiger partial charge in [-0.2, -0.15) is 0 Å². The Bertz CT molecular complexity index is 372. The van der Waals surface area contributed by atoms with Crippen LogP contribution in [0.25, 0.3) is 0 Å². The SMILES string of the molecule is COC(=O)C1=C(NC(=O)C2CCCCC2)CCS1. The van der Waals surface area contributed by atoms with Crippen LogP contribution < -0.4 is 5.32 Å². The fourth-order valence-electron chi connectivity index (χ4n) is 2.47. The highest BCUT2D eigenvalue weighted by Gasteiger charge is 2.27. The zero-order valence-electron chi connectivity index (χ0n) is 10.7. The van der Waals surface area contributed by atoms with Crippen molar-refractivity contribution in [2.24, 2.45) is 5.92 Å². The van der Waals surface area contributed by atoms with Gasteiger partial charge in [0.05, 0.1) is 7.11 Å². The van der Waals surface area contributed by atoms with E-state index < -0.39 is 0 Å². The van der Waals surface area contributed by atoms with Crippen LogP contribution in [-0.2, 0) is 14.3 Å². The molecule has 1 aliphatic carbocycles. The van der Waals surface area contributed by atoms with Crippen molar-refractivity contribution < 1.29 is 14.3 Å². The van der Waals surface area contributed by atoms with E-state index in [1.165, 1.54) is 25.3 Å². The summed E-state index contributed by atoms with van der Waals surface area (Å²) in [7, 11) is 1.37. The molecule has 1 heterocycles. The number of hydrogen-bond acceptors (Lipinski definition) is 4. The Morgan fingerprint density at radius 2 is 2.00 bits per heavy atom. The van der Waals surface area contributed by atoms with Crippen LogP contribution in [0.15, 0.2) is 10.6 Å². The first kappa shape index (κ1) is 13.5. The van der Waals surface area contributed by atoms with Crippen molar-refractivity contribution in [2.75, 3.05) is 12.9 Å². The number of carbonyl (C=O) groups excluding carboxylic acids is 2. The van der Waals surface area contributed by atoms with E-state index in [4.69, 9.17) is 4.74 Å². The lowest BCUT2D eigenvalue weighted by atomic mass is 9.88. The van der Waals surface area contributed by atoms with Crippen LogP contribution in [-0.4, -0.2) is 24.7 Å². The van der Waals surface area contributed by atoms with Gasteiger partial charge in [0.2, 0.25) is 5.91 Å². The van der Waals surface area contributed by atoms with Crippen molar-refractivity contribution in [1.82, 2.24) is 5.32 Å². The molecule has 18 heavy (non-hydrogen) atoms. The Hall–Kier alpha value is -0.970. The lowest BCUT2D eigenvalue weighted by molar-refractivity contribution is -0.135. The van der Waals surface area contributed by atoms with Gasteiger partial charge in [-0.05, 0) is 19.3 Å². The maximum absolute atomic E-state index is 12.1.